The van der Waals surface area contributed by atoms with Crippen LogP contribution in [0.25, 0.3) is 0 Å². The van der Waals surface area contributed by atoms with Crippen LogP contribution in [0.15, 0.2) is 36.5 Å². The number of halogens is 2. The molecule has 0 aliphatic rings. The molecule has 1 aromatic heterocycles. The van der Waals surface area contributed by atoms with Crippen molar-refractivity contribution in [1.82, 2.24) is 10.3 Å². The van der Waals surface area contributed by atoms with Gasteiger partial charge in [0.1, 0.15) is 5.75 Å². The van der Waals surface area contributed by atoms with Crippen LogP contribution >= 0.6 is 23.2 Å². The molecular weight excluding hydrogens is 295 g/mol. The molecule has 0 bridgehead atoms. The highest BCUT2D eigenvalue weighted by Crippen LogP contribution is 2.26. The Morgan fingerprint density at radius 3 is 2.75 bits per heavy atom. The summed E-state index contributed by atoms with van der Waals surface area (Å²) in [6.07, 6.45) is 2.38. The fourth-order valence-corrected chi connectivity index (χ4v) is 2.56. The van der Waals surface area contributed by atoms with Gasteiger partial charge in [-0.1, -0.05) is 35.3 Å². The van der Waals surface area contributed by atoms with Crippen molar-refractivity contribution in [2.75, 3.05) is 14.2 Å². The van der Waals surface area contributed by atoms with Gasteiger partial charge < -0.3 is 10.1 Å². The average molecular weight is 311 g/mol. The number of hydrogen-bond acceptors (Lipinski definition) is 3. The lowest BCUT2D eigenvalue weighted by atomic mass is 10.0. The Bertz CT molecular complexity index is 590. The summed E-state index contributed by atoms with van der Waals surface area (Å²) in [7, 11) is 3.55. The maximum atomic E-state index is 6.22. The predicted octanol–water partition coefficient (Wildman–Crippen LogP) is 3.90. The number of aromatic nitrogens is 1. The van der Waals surface area contributed by atoms with Crippen molar-refractivity contribution in [2.45, 2.75) is 12.5 Å². The highest BCUT2D eigenvalue weighted by atomic mass is 35.5. The molecule has 5 heteroatoms. The van der Waals surface area contributed by atoms with Gasteiger partial charge in [-0.15, -0.1) is 0 Å². The third-order valence-corrected chi connectivity index (χ3v) is 3.60. The van der Waals surface area contributed by atoms with Gasteiger partial charge in [0.05, 0.1) is 28.9 Å². The largest absolute Gasteiger partial charge is 0.497 e. The molecule has 20 heavy (non-hydrogen) atoms. The SMILES string of the molecule is CNC(Cc1cccc(OC)c1)c1ncc(Cl)cc1Cl. The third-order valence-electron chi connectivity index (χ3n) is 3.09. The zero-order valence-corrected chi connectivity index (χ0v) is 12.9. The minimum absolute atomic E-state index is 0.0203. The Morgan fingerprint density at radius 1 is 1.30 bits per heavy atom. The van der Waals surface area contributed by atoms with Gasteiger partial charge in [-0.05, 0) is 37.2 Å². The molecule has 2 rings (SSSR count). The predicted molar refractivity (Wildman–Crippen MR) is 82.8 cm³/mol. The molecule has 3 nitrogen and oxygen atoms in total. The van der Waals surface area contributed by atoms with Crippen molar-refractivity contribution >= 4 is 23.2 Å². The second-order valence-electron chi connectivity index (χ2n) is 4.42. The van der Waals surface area contributed by atoms with Crippen LogP contribution in [-0.4, -0.2) is 19.1 Å². The molecule has 0 saturated carbocycles. The lowest BCUT2D eigenvalue weighted by Gasteiger charge is -2.17. The zero-order valence-electron chi connectivity index (χ0n) is 11.4. The summed E-state index contributed by atoms with van der Waals surface area (Å²) >= 11 is 12.1. The maximum Gasteiger partial charge on any atom is 0.119 e. The first-order valence-electron chi connectivity index (χ1n) is 6.25. The number of methoxy groups -OCH3 is 1. The van der Waals surface area contributed by atoms with Crippen molar-refractivity contribution in [2.24, 2.45) is 0 Å². The lowest BCUT2D eigenvalue weighted by Crippen LogP contribution is -2.20. The minimum Gasteiger partial charge on any atom is -0.497 e. The van der Waals surface area contributed by atoms with E-state index in [9.17, 15) is 0 Å². The monoisotopic (exact) mass is 310 g/mol. The number of pyridine rings is 1. The van der Waals surface area contributed by atoms with Crippen LogP contribution in [-0.2, 0) is 6.42 Å². The normalized spacial score (nSPS) is 12.2. The fourth-order valence-electron chi connectivity index (χ4n) is 2.05. The second kappa shape index (κ2) is 6.93. The summed E-state index contributed by atoms with van der Waals surface area (Å²) in [4.78, 5) is 4.33. The van der Waals surface area contributed by atoms with Gasteiger partial charge in [0.25, 0.3) is 0 Å². The summed E-state index contributed by atoms with van der Waals surface area (Å²) in [5.74, 6) is 0.840. The first kappa shape index (κ1) is 15.1. The van der Waals surface area contributed by atoms with E-state index >= 15 is 0 Å². The van der Waals surface area contributed by atoms with Crippen LogP contribution in [0, 0.1) is 0 Å². The summed E-state index contributed by atoms with van der Waals surface area (Å²) < 4.78 is 5.24. The highest BCUT2D eigenvalue weighted by molar-refractivity contribution is 6.34. The smallest absolute Gasteiger partial charge is 0.119 e. The molecule has 0 saturated heterocycles. The van der Waals surface area contributed by atoms with Gasteiger partial charge >= 0.3 is 0 Å². The summed E-state index contributed by atoms with van der Waals surface area (Å²) in [6, 6.07) is 9.68. The number of hydrogen-bond donors (Lipinski definition) is 1. The van der Waals surface area contributed by atoms with E-state index in [1.165, 1.54) is 0 Å². The average Bonchev–Trinajstić information content (AvgIpc) is 2.45. The van der Waals surface area contributed by atoms with Crippen LogP contribution in [0.1, 0.15) is 17.3 Å². The van der Waals surface area contributed by atoms with Gasteiger partial charge in [0, 0.05) is 6.20 Å². The minimum atomic E-state index is 0.0203. The zero-order chi connectivity index (χ0) is 14.5. The Balaban J connectivity index is 2.23. The van der Waals surface area contributed by atoms with E-state index in [0.29, 0.717) is 10.0 Å². The molecule has 0 spiro atoms. The molecule has 1 heterocycles. The second-order valence-corrected chi connectivity index (χ2v) is 5.26. The van der Waals surface area contributed by atoms with Crippen LogP contribution < -0.4 is 10.1 Å². The first-order valence-corrected chi connectivity index (χ1v) is 7.00. The summed E-state index contributed by atoms with van der Waals surface area (Å²) in [6.45, 7) is 0. The number of ether oxygens (including phenoxy) is 1. The molecule has 1 unspecified atom stereocenters. The highest BCUT2D eigenvalue weighted by Gasteiger charge is 2.15. The number of nitrogens with one attached hydrogen (secondary N) is 1. The van der Waals surface area contributed by atoms with Crippen molar-refractivity contribution < 1.29 is 4.74 Å². The van der Waals surface area contributed by atoms with Crippen molar-refractivity contribution in [3.05, 3.63) is 57.8 Å². The van der Waals surface area contributed by atoms with E-state index in [4.69, 9.17) is 27.9 Å². The molecule has 0 amide bonds. The summed E-state index contributed by atoms with van der Waals surface area (Å²) in [5.41, 5.74) is 1.94. The molecule has 0 aliphatic heterocycles. The molecule has 1 atom stereocenters. The van der Waals surface area contributed by atoms with Crippen molar-refractivity contribution in [3.8, 4) is 5.75 Å². The van der Waals surface area contributed by atoms with E-state index in [2.05, 4.69) is 16.4 Å². The van der Waals surface area contributed by atoms with E-state index in [1.54, 1.807) is 19.4 Å². The number of benzene rings is 1. The lowest BCUT2D eigenvalue weighted by molar-refractivity contribution is 0.414. The molecule has 0 aliphatic carbocycles. The van der Waals surface area contributed by atoms with Gasteiger partial charge in [-0.3, -0.25) is 4.98 Å². The van der Waals surface area contributed by atoms with E-state index in [0.717, 1.165) is 23.4 Å². The molecule has 0 fully saturated rings. The standard InChI is InChI=1S/C15H16Cl2N2O/c1-18-14(15-13(17)8-11(16)9-19-15)7-10-4-3-5-12(6-10)20-2/h3-6,8-9,14,18H,7H2,1-2H3. The molecule has 2 aromatic rings. The van der Waals surface area contributed by atoms with Crippen LogP contribution in [0.3, 0.4) is 0 Å². The third kappa shape index (κ3) is 3.63. The fraction of sp³-hybridized carbons (Fsp3) is 0.267. The number of rotatable bonds is 5. The number of nitrogens with zero attached hydrogens (tertiary/aromatic N) is 1. The topological polar surface area (TPSA) is 34.1 Å². The first-order chi connectivity index (χ1) is 9.63. The molecule has 0 radical (unpaired) electrons. The summed E-state index contributed by atoms with van der Waals surface area (Å²) in [5, 5.41) is 4.34. The molecule has 1 N–H and O–H groups in total. The van der Waals surface area contributed by atoms with Gasteiger partial charge in [0.2, 0.25) is 0 Å². The van der Waals surface area contributed by atoms with Crippen LogP contribution in [0.2, 0.25) is 10.0 Å². The van der Waals surface area contributed by atoms with E-state index in [-0.39, 0.29) is 6.04 Å². The maximum absolute atomic E-state index is 6.22. The Hall–Kier alpha value is -1.29. The Morgan fingerprint density at radius 2 is 2.10 bits per heavy atom. The molecular formula is C15H16Cl2N2O. The van der Waals surface area contributed by atoms with E-state index < -0.39 is 0 Å². The van der Waals surface area contributed by atoms with Crippen molar-refractivity contribution in [3.63, 3.8) is 0 Å². The van der Waals surface area contributed by atoms with Gasteiger partial charge in [-0.2, -0.15) is 0 Å². The van der Waals surface area contributed by atoms with Gasteiger partial charge in [0.15, 0.2) is 0 Å². The van der Waals surface area contributed by atoms with Crippen molar-refractivity contribution in [1.29, 1.82) is 0 Å². The Labute approximate surface area is 128 Å². The quantitative estimate of drug-likeness (QED) is 0.909. The van der Waals surface area contributed by atoms with Crippen LogP contribution in [0.4, 0.5) is 0 Å². The number of likely N-dealkylation sites (N-methyl/N-ethyl adjacent to an activating group) is 1. The van der Waals surface area contributed by atoms with Crippen LogP contribution in [0.5, 0.6) is 5.75 Å². The van der Waals surface area contributed by atoms with E-state index in [1.807, 2.05) is 25.2 Å². The molecule has 1 aromatic carbocycles. The molecule has 106 valence electrons. The van der Waals surface area contributed by atoms with Gasteiger partial charge in [-0.25, -0.2) is 0 Å². The Kier molecular flexibility index (Phi) is 5.24.